The Hall–Kier alpha value is -2.63. The molecule has 0 fully saturated rings. The number of anilines is 1. The standard InChI is InChI=1S/C15H17N5O/c1-11-9-14(20-15(19-11)17-10-18-20)16-8-7-12-3-5-13(21-2)6-4-12/h3-6,9-10,16H,7-8H2,1-2H3. The summed E-state index contributed by atoms with van der Waals surface area (Å²) in [6.07, 6.45) is 2.43. The molecule has 0 radical (unpaired) electrons. The van der Waals surface area contributed by atoms with Gasteiger partial charge in [0.1, 0.15) is 17.9 Å². The Morgan fingerprint density at radius 2 is 2.05 bits per heavy atom. The molecule has 0 aliphatic heterocycles. The van der Waals surface area contributed by atoms with Gasteiger partial charge in [-0.25, -0.2) is 4.98 Å². The second-order valence-corrected chi connectivity index (χ2v) is 4.78. The van der Waals surface area contributed by atoms with Crippen molar-refractivity contribution >= 4 is 11.6 Å². The van der Waals surface area contributed by atoms with Gasteiger partial charge in [0.25, 0.3) is 5.78 Å². The van der Waals surface area contributed by atoms with E-state index in [1.165, 1.54) is 11.9 Å². The molecule has 0 atom stereocenters. The third kappa shape index (κ3) is 2.94. The minimum absolute atomic E-state index is 0.613. The Labute approximate surface area is 122 Å². The number of aromatic nitrogens is 4. The van der Waals surface area contributed by atoms with Crippen LogP contribution in [-0.4, -0.2) is 33.2 Å². The molecule has 2 aromatic heterocycles. The fourth-order valence-corrected chi connectivity index (χ4v) is 2.18. The fourth-order valence-electron chi connectivity index (χ4n) is 2.18. The van der Waals surface area contributed by atoms with E-state index in [-0.39, 0.29) is 0 Å². The van der Waals surface area contributed by atoms with E-state index >= 15 is 0 Å². The quantitative estimate of drug-likeness (QED) is 0.777. The number of aryl methyl sites for hydroxylation is 1. The topological polar surface area (TPSA) is 64.3 Å². The molecule has 0 aliphatic rings. The smallest absolute Gasteiger partial charge is 0.254 e. The molecule has 2 heterocycles. The molecular weight excluding hydrogens is 266 g/mol. The number of rotatable bonds is 5. The number of nitrogens with one attached hydrogen (secondary N) is 1. The lowest BCUT2D eigenvalue weighted by atomic mass is 10.1. The number of benzene rings is 1. The average Bonchev–Trinajstić information content (AvgIpc) is 2.96. The molecular formula is C15H17N5O. The fraction of sp³-hybridized carbons (Fsp3) is 0.267. The third-order valence-corrected chi connectivity index (χ3v) is 3.26. The molecule has 0 saturated carbocycles. The highest BCUT2D eigenvalue weighted by molar-refractivity contribution is 5.44. The Morgan fingerprint density at radius 3 is 2.81 bits per heavy atom. The second-order valence-electron chi connectivity index (χ2n) is 4.78. The van der Waals surface area contributed by atoms with Gasteiger partial charge in [0.15, 0.2) is 0 Å². The van der Waals surface area contributed by atoms with E-state index in [4.69, 9.17) is 4.74 Å². The van der Waals surface area contributed by atoms with Crippen LogP contribution in [0.3, 0.4) is 0 Å². The first-order chi connectivity index (χ1) is 10.3. The van der Waals surface area contributed by atoms with Gasteiger partial charge in [0.2, 0.25) is 0 Å². The Kier molecular flexibility index (Phi) is 3.68. The lowest BCUT2D eigenvalue weighted by molar-refractivity contribution is 0.414. The van der Waals surface area contributed by atoms with Crippen molar-refractivity contribution < 1.29 is 4.74 Å². The number of methoxy groups -OCH3 is 1. The van der Waals surface area contributed by atoms with Crippen LogP contribution >= 0.6 is 0 Å². The molecule has 0 spiro atoms. The maximum Gasteiger partial charge on any atom is 0.254 e. The lowest BCUT2D eigenvalue weighted by Gasteiger charge is -2.09. The molecule has 0 saturated heterocycles. The third-order valence-electron chi connectivity index (χ3n) is 3.26. The predicted octanol–water partition coefficient (Wildman–Crippen LogP) is 2.10. The van der Waals surface area contributed by atoms with Gasteiger partial charge in [-0.3, -0.25) is 0 Å². The van der Waals surface area contributed by atoms with E-state index < -0.39 is 0 Å². The van der Waals surface area contributed by atoms with Gasteiger partial charge in [-0.15, -0.1) is 0 Å². The van der Waals surface area contributed by atoms with Crippen molar-refractivity contribution in [1.82, 2.24) is 19.6 Å². The second kappa shape index (κ2) is 5.78. The molecule has 3 rings (SSSR count). The first-order valence-electron chi connectivity index (χ1n) is 6.80. The summed E-state index contributed by atoms with van der Waals surface area (Å²) in [5, 5.41) is 7.55. The number of ether oxygens (including phenoxy) is 1. The van der Waals surface area contributed by atoms with E-state index in [1.54, 1.807) is 11.6 Å². The summed E-state index contributed by atoms with van der Waals surface area (Å²) < 4.78 is 6.86. The van der Waals surface area contributed by atoms with Crippen LogP contribution in [-0.2, 0) is 6.42 Å². The number of hydrogen-bond acceptors (Lipinski definition) is 5. The summed E-state index contributed by atoms with van der Waals surface area (Å²) in [6, 6.07) is 10.1. The van der Waals surface area contributed by atoms with Gasteiger partial charge in [0.05, 0.1) is 7.11 Å². The molecule has 0 bridgehead atoms. The van der Waals surface area contributed by atoms with Crippen LogP contribution in [0.25, 0.3) is 5.78 Å². The summed E-state index contributed by atoms with van der Waals surface area (Å²) in [4.78, 5) is 8.43. The predicted molar refractivity (Wildman–Crippen MR) is 80.7 cm³/mol. The van der Waals surface area contributed by atoms with Gasteiger partial charge >= 0.3 is 0 Å². The Morgan fingerprint density at radius 1 is 1.24 bits per heavy atom. The molecule has 1 N–H and O–H groups in total. The molecule has 21 heavy (non-hydrogen) atoms. The molecule has 108 valence electrons. The normalized spacial score (nSPS) is 10.8. The van der Waals surface area contributed by atoms with Gasteiger partial charge in [-0.1, -0.05) is 12.1 Å². The summed E-state index contributed by atoms with van der Waals surface area (Å²) in [6.45, 7) is 2.76. The lowest BCUT2D eigenvalue weighted by Crippen LogP contribution is -2.10. The maximum absolute atomic E-state index is 5.15. The summed E-state index contributed by atoms with van der Waals surface area (Å²) in [5.74, 6) is 2.39. The molecule has 1 aromatic carbocycles. The van der Waals surface area contributed by atoms with Crippen molar-refractivity contribution in [1.29, 1.82) is 0 Å². The minimum atomic E-state index is 0.613. The zero-order chi connectivity index (χ0) is 14.7. The minimum Gasteiger partial charge on any atom is -0.497 e. The van der Waals surface area contributed by atoms with Crippen molar-refractivity contribution in [3.63, 3.8) is 0 Å². The van der Waals surface area contributed by atoms with Crippen molar-refractivity contribution in [2.75, 3.05) is 19.0 Å². The Bertz CT molecular complexity index is 735. The summed E-state index contributed by atoms with van der Waals surface area (Å²) in [5.41, 5.74) is 2.17. The van der Waals surface area contributed by atoms with E-state index in [1.807, 2.05) is 25.1 Å². The molecule has 3 aromatic rings. The number of fused-ring (bicyclic) bond motifs is 1. The van der Waals surface area contributed by atoms with Crippen LogP contribution in [0.1, 0.15) is 11.3 Å². The van der Waals surface area contributed by atoms with Crippen LogP contribution in [0.4, 0.5) is 5.82 Å². The van der Waals surface area contributed by atoms with Crippen LogP contribution in [0.15, 0.2) is 36.7 Å². The van der Waals surface area contributed by atoms with Gasteiger partial charge in [0, 0.05) is 18.3 Å². The van der Waals surface area contributed by atoms with Gasteiger partial charge in [-0.2, -0.15) is 14.6 Å². The van der Waals surface area contributed by atoms with Crippen LogP contribution in [0.2, 0.25) is 0 Å². The van der Waals surface area contributed by atoms with Crippen molar-refractivity contribution in [3.8, 4) is 5.75 Å². The zero-order valence-electron chi connectivity index (χ0n) is 12.1. The summed E-state index contributed by atoms with van der Waals surface area (Å²) in [7, 11) is 1.67. The Balaban J connectivity index is 1.67. The average molecular weight is 283 g/mol. The molecule has 6 nitrogen and oxygen atoms in total. The van der Waals surface area contributed by atoms with E-state index in [0.29, 0.717) is 5.78 Å². The van der Waals surface area contributed by atoms with E-state index in [0.717, 1.165) is 30.2 Å². The van der Waals surface area contributed by atoms with Crippen LogP contribution in [0, 0.1) is 6.92 Å². The van der Waals surface area contributed by atoms with Crippen molar-refractivity contribution in [3.05, 3.63) is 47.9 Å². The first kappa shape index (κ1) is 13.4. The van der Waals surface area contributed by atoms with Crippen LogP contribution < -0.4 is 10.1 Å². The van der Waals surface area contributed by atoms with Crippen LogP contribution in [0.5, 0.6) is 5.75 Å². The molecule has 0 amide bonds. The highest BCUT2D eigenvalue weighted by Gasteiger charge is 2.04. The molecule has 0 unspecified atom stereocenters. The molecule has 0 aliphatic carbocycles. The number of nitrogens with zero attached hydrogens (tertiary/aromatic N) is 4. The zero-order valence-corrected chi connectivity index (χ0v) is 12.1. The maximum atomic E-state index is 5.15. The monoisotopic (exact) mass is 283 g/mol. The number of hydrogen-bond donors (Lipinski definition) is 1. The highest BCUT2D eigenvalue weighted by Crippen LogP contribution is 2.13. The van der Waals surface area contributed by atoms with Crippen molar-refractivity contribution in [2.45, 2.75) is 13.3 Å². The highest BCUT2D eigenvalue weighted by atomic mass is 16.5. The largest absolute Gasteiger partial charge is 0.497 e. The molecule has 6 heteroatoms. The van der Waals surface area contributed by atoms with Gasteiger partial charge in [-0.05, 0) is 31.0 Å². The SMILES string of the molecule is COc1ccc(CCNc2cc(C)nc3ncnn23)cc1. The van der Waals surface area contributed by atoms with Gasteiger partial charge < -0.3 is 10.1 Å². The van der Waals surface area contributed by atoms with Crippen molar-refractivity contribution in [2.24, 2.45) is 0 Å². The van der Waals surface area contributed by atoms with E-state index in [2.05, 4.69) is 32.5 Å². The first-order valence-corrected chi connectivity index (χ1v) is 6.80. The summed E-state index contributed by atoms with van der Waals surface area (Å²) >= 11 is 0. The van der Waals surface area contributed by atoms with E-state index in [9.17, 15) is 0 Å².